The average Bonchev–Trinajstić information content (AvgIpc) is 3.16. The summed E-state index contributed by atoms with van der Waals surface area (Å²) in [5.41, 5.74) is -0.737. The Labute approximate surface area is 206 Å². The van der Waals surface area contributed by atoms with Crippen LogP contribution in [0, 0.1) is 5.41 Å². The molecule has 3 fully saturated rings. The van der Waals surface area contributed by atoms with Crippen LogP contribution < -0.4 is 5.32 Å². The Morgan fingerprint density at radius 2 is 2.00 bits per heavy atom. The number of nitrogens with zero attached hydrogens (tertiary/aromatic N) is 6. The van der Waals surface area contributed by atoms with E-state index in [0.717, 1.165) is 25.0 Å². The van der Waals surface area contributed by atoms with Crippen LogP contribution in [0.15, 0.2) is 10.7 Å². The third-order valence-electron chi connectivity index (χ3n) is 7.33. The normalized spacial score (nSPS) is 24.6. The van der Waals surface area contributed by atoms with E-state index in [1.807, 2.05) is 20.8 Å². The largest absolute Gasteiger partial charge is 0.391 e. The number of hydrogen-bond acceptors (Lipinski definition) is 8. The molecule has 0 aromatic carbocycles. The molecule has 2 aromatic heterocycles. The van der Waals surface area contributed by atoms with Gasteiger partial charge in [-0.25, -0.2) is 4.68 Å². The molecule has 0 bridgehead atoms. The quantitative estimate of drug-likeness (QED) is 0.582. The number of halogens is 2. The van der Waals surface area contributed by atoms with E-state index >= 15 is 0 Å². The minimum Gasteiger partial charge on any atom is -0.391 e. The molecule has 1 saturated heterocycles. The number of nitrogens with one attached hydrogen (secondary N) is 1. The van der Waals surface area contributed by atoms with Crippen molar-refractivity contribution in [3.8, 4) is 0 Å². The van der Waals surface area contributed by atoms with Gasteiger partial charge in [-0.3, -0.25) is 9.59 Å². The van der Waals surface area contributed by atoms with E-state index in [2.05, 4.69) is 30.3 Å². The molecule has 1 aliphatic heterocycles. The first-order chi connectivity index (χ1) is 17.0. The van der Waals surface area contributed by atoms with Crippen molar-refractivity contribution in [2.75, 3.05) is 6.54 Å². The van der Waals surface area contributed by atoms with Crippen molar-refractivity contribution in [3.63, 3.8) is 0 Å². The number of amides is 2. The Hall–Kier alpha value is -2.96. The second kappa shape index (κ2) is 8.86. The lowest BCUT2D eigenvalue weighted by Crippen LogP contribution is -2.57. The van der Waals surface area contributed by atoms with Crippen LogP contribution >= 0.6 is 0 Å². The Kier molecular flexibility index (Phi) is 6.08. The lowest BCUT2D eigenvalue weighted by Gasteiger charge is -2.41. The number of rotatable bonds is 7. The summed E-state index contributed by atoms with van der Waals surface area (Å²) in [7, 11) is 0. The zero-order chi connectivity index (χ0) is 25.8. The number of aromatic nitrogens is 5. The zero-order valence-corrected chi connectivity index (χ0v) is 20.5. The van der Waals surface area contributed by atoms with Crippen LogP contribution in [0.5, 0.6) is 0 Å². The fourth-order valence-corrected chi connectivity index (χ4v) is 5.10. The maximum absolute atomic E-state index is 13.9. The fourth-order valence-electron chi connectivity index (χ4n) is 5.10. The summed E-state index contributed by atoms with van der Waals surface area (Å²) in [4.78, 5) is 32.5. The monoisotopic (exact) mass is 507 g/mol. The van der Waals surface area contributed by atoms with Crippen molar-refractivity contribution >= 4 is 11.8 Å². The fraction of sp³-hybridized carbons (Fsp3) is 0.739. The maximum Gasteiger partial charge on any atom is 0.315 e. The highest BCUT2D eigenvalue weighted by Crippen LogP contribution is 2.42. The molecule has 2 saturated carbocycles. The molecule has 11 nitrogen and oxygen atoms in total. The van der Waals surface area contributed by atoms with E-state index in [-0.39, 0.29) is 24.7 Å². The van der Waals surface area contributed by atoms with Gasteiger partial charge < -0.3 is 19.8 Å². The van der Waals surface area contributed by atoms with Crippen LogP contribution in [0.25, 0.3) is 0 Å². The molecule has 0 spiro atoms. The summed E-state index contributed by atoms with van der Waals surface area (Å²) in [6.07, 6.45) is 1.82. The molecule has 0 radical (unpaired) electrons. The minimum absolute atomic E-state index is 0.00157. The van der Waals surface area contributed by atoms with E-state index in [9.17, 15) is 23.5 Å². The summed E-state index contributed by atoms with van der Waals surface area (Å²) in [5, 5.41) is 25.5. The van der Waals surface area contributed by atoms with Gasteiger partial charge in [0.05, 0.1) is 11.8 Å². The molecule has 3 aliphatic rings. The average molecular weight is 508 g/mol. The van der Waals surface area contributed by atoms with Crippen molar-refractivity contribution in [1.29, 1.82) is 0 Å². The second-order valence-corrected chi connectivity index (χ2v) is 11.2. The first-order valence-corrected chi connectivity index (χ1v) is 12.3. The minimum atomic E-state index is -2.91. The SMILES string of the molecule is CC(C)(C)[C@@H](C(=O)N1C[C@H](O)C[C@H]1C(=O)NC1(c2noc(C(F)F)n2)CCC1)n1cc(C2CC2)nn1. The number of aliphatic hydroxyl groups is 1. The Bertz CT molecular complexity index is 1140. The maximum atomic E-state index is 13.9. The van der Waals surface area contributed by atoms with Crippen LogP contribution in [0.4, 0.5) is 8.78 Å². The van der Waals surface area contributed by atoms with Gasteiger partial charge in [-0.15, -0.1) is 5.10 Å². The number of carbonyl (C=O) groups excluding carboxylic acids is 2. The smallest absolute Gasteiger partial charge is 0.315 e. The highest BCUT2D eigenvalue weighted by molar-refractivity contribution is 5.90. The van der Waals surface area contributed by atoms with Crippen LogP contribution in [0.1, 0.15) is 95.1 Å². The number of carbonyl (C=O) groups is 2. The number of hydrogen-bond donors (Lipinski definition) is 2. The van der Waals surface area contributed by atoms with Crippen molar-refractivity contribution in [1.82, 2.24) is 35.4 Å². The molecule has 0 unspecified atom stereocenters. The van der Waals surface area contributed by atoms with E-state index in [4.69, 9.17) is 0 Å². The first kappa shape index (κ1) is 24.7. The lowest BCUT2D eigenvalue weighted by atomic mass is 9.75. The van der Waals surface area contributed by atoms with Gasteiger partial charge in [0, 0.05) is 25.1 Å². The van der Waals surface area contributed by atoms with Crippen LogP contribution in [-0.4, -0.2) is 65.6 Å². The molecule has 2 amide bonds. The molecule has 3 heterocycles. The van der Waals surface area contributed by atoms with Crippen molar-refractivity contribution in [2.24, 2.45) is 5.41 Å². The van der Waals surface area contributed by atoms with Crippen molar-refractivity contribution < 1.29 is 28.0 Å². The highest BCUT2D eigenvalue weighted by Gasteiger charge is 2.50. The van der Waals surface area contributed by atoms with Gasteiger partial charge in [-0.2, -0.15) is 13.8 Å². The number of β-amino-alcohol motifs (C(OH)–C–C–N with tert-alkyl or cyclic N) is 1. The van der Waals surface area contributed by atoms with Crippen LogP contribution in [0.2, 0.25) is 0 Å². The molecule has 2 aromatic rings. The third-order valence-corrected chi connectivity index (χ3v) is 7.33. The molecule has 5 rings (SSSR count). The molecule has 196 valence electrons. The van der Waals surface area contributed by atoms with Crippen LogP contribution in [0.3, 0.4) is 0 Å². The number of aliphatic hydroxyl groups excluding tert-OH is 1. The first-order valence-electron chi connectivity index (χ1n) is 12.3. The predicted molar refractivity (Wildman–Crippen MR) is 120 cm³/mol. The van der Waals surface area contributed by atoms with Gasteiger partial charge in [0.1, 0.15) is 17.6 Å². The number of likely N-dealkylation sites (tertiary alicyclic amines) is 1. The van der Waals surface area contributed by atoms with E-state index in [0.29, 0.717) is 18.8 Å². The van der Waals surface area contributed by atoms with Crippen LogP contribution in [-0.2, 0) is 15.1 Å². The van der Waals surface area contributed by atoms with E-state index in [1.54, 1.807) is 10.9 Å². The lowest BCUT2D eigenvalue weighted by molar-refractivity contribution is -0.145. The Morgan fingerprint density at radius 3 is 2.56 bits per heavy atom. The van der Waals surface area contributed by atoms with Crippen molar-refractivity contribution in [3.05, 3.63) is 23.6 Å². The summed E-state index contributed by atoms with van der Waals surface area (Å²) < 4.78 is 32.2. The zero-order valence-electron chi connectivity index (χ0n) is 20.5. The van der Waals surface area contributed by atoms with E-state index < -0.39 is 47.4 Å². The van der Waals surface area contributed by atoms with Gasteiger partial charge in [0.25, 0.3) is 5.89 Å². The van der Waals surface area contributed by atoms with E-state index in [1.165, 1.54) is 4.90 Å². The molecule has 36 heavy (non-hydrogen) atoms. The topological polar surface area (TPSA) is 139 Å². The Balaban J connectivity index is 1.37. The summed E-state index contributed by atoms with van der Waals surface area (Å²) in [5.74, 6) is -1.26. The second-order valence-electron chi connectivity index (χ2n) is 11.2. The third kappa shape index (κ3) is 4.48. The standard InChI is InChI=1S/C23H31F2N7O4/c1-22(2,3)16(32-11-14(28-30-32)12-5-6-12)20(35)31-10-13(33)9-15(31)18(34)27-23(7-4-8-23)21-26-19(17(24)25)36-29-21/h11-13,15-17,33H,4-10H2,1-3H3,(H,27,34)/t13-,15+,16-/m1/s1. The summed E-state index contributed by atoms with van der Waals surface area (Å²) in [6, 6.07) is -1.68. The molecule has 13 heteroatoms. The molecule has 2 N–H and O–H groups in total. The van der Waals surface area contributed by atoms with Gasteiger partial charge in [0.15, 0.2) is 5.82 Å². The van der Waals surface area contributed by atoms with Gasteiger partial charge in [-0.05, 0) is 37.5 Å². The number of alkyl halides is 2. The van der Waals surface area contributed by atoms with Gasteiger partial charge in [-0.1, -0.05) is 31.1 Å². The molecular weight excluding hydrogens is 476 g/mol. The molecule has 3 atom stereocenters. The predicted octanol–water partition coefficient (Wildman–Crippen LogP) is 2.22. The van der Waals surface area contributed by atoms with Gasteiger partial charge in [0.2, 0.25) is 11.8 Å². The summed E-state index contributed by atoms with van der Waals surface area (Å²) >= 11 is 0. The van der Waals surface area contributed by atoms with Gasteiger partial charge >= 0.3 is 6.43 Å². The highest BCUT2D eigenvalue weighted by atomic mass is 19.3. The summed E-state index contributed by atoms with van der Waals surface area (Å²) in [6.45, 7) is 5.74. The Morgan fingerprint density at radius 1 is 1.28 bits per heavy atom. The molecule has 2 aliphatic carbocycles. The van der Waals surface area contributed by atoms with Crippen molar-refractivity contribution in [2.45, 2.75) is 95.4 Å². The molecular formula is C23H31F2N7O4.